The molecule has 0 fully saturated rings. The van der Waals surface area contributed by atoms with E-state index in [4.69, 9.17) is 11.6 Å². The van der Waals surface area contributed by atoms with Gasteiger partial charge < -0.3 is 4.90 Å². The summed E-state index contributed by atoms with van der Waals surface area (Å²) in [7, 11) is 3.96. The van der Waals surface area contributed by atoms with E-state index in [1.54, 1.807) is 0 Å². The summed E-state index contributed by atoms with van der Waals surface area (Å²) < 4.78 is 0. The van der Waals surface area contributed by atoms with Crippen LogP contribution in [0.3, 0.4) is 0 Å². The summed E-state index contributed by atoms with van der Waals surface area (Å²) >= 11 is 5.72. The molecule has 0 bridgehead atoms. The van der Waals surface area contributed by atoms with Gasteiger partial charge in [-0.1, -0.05) is 11.6 Å². The highest BCUT2D eigenvalue weighted by molar-refractivity contribution is 6.29. The van der Waals surface area contributed by atoms with Crippen molar-refractivity contribution in [1.82, 2.24) is 4.90 Å². The number of nitrogens with zero attached hydrogens (tertiary/aromatic N) is 1. The largest absolute Gasteiger partial charge is 0.383 e. The van der Waals surface area contributed by atoms with E-state index in [1.165, 1.54) is 0 Å². The second-order valence-corrected chi connectivity index (χ2v) is 3.06. The predicted molar refractivity (Wildman–Crippen MR) is 47.1 cm³/mol. The van der Waals surface area contributed by atoms with Gasteiger partial charge in [-0.3, -0.25) is 0 Å². The lowest BCUT2D eigenvalue weighted by atomic mass is 10.3. The summed E-state index contributed by atoms with van der Waals surface area (Å²) in [4.78, 5) is 1.98. The summed E-state index contributed by atoms with van der Waals surface area (Å²) in [5.41, 5.74) is 1.11. The lowest BCUT2D eigenvalue weighted by Crippen LogP contribution is -1.99. The fraction of sp³-hybridized carbons (Fsp3) is 0.500. The molecule has 1 nitrogen and oxygen atoms in total. The highest BCUT2D eigenvalue weighted by atomic mass is 35.5. The molecule has 0 aromatic heterocycles. The second-order valence-electron chi connectivity index (χ2n) is 2.50. The Morgan fingerprint density at radius 1 is 1.30 bits per heavy atom. The molecule has 0 saturated carbocycles. The highest BCUT2D eigenvalue weighted by Crippen LogP contribution is 2.08. The first-order valence-corrected chi connectivity index (χ1v) is 3.59. The molecule has 0 amide bonds. The Morgan fingerprint density at radius 2 is 1.80 bits per heavy atom. The molecule has 2 heteroatoms. The average Bonchev–Trinajstić information content (AvgIpc) is 1.82. The van der Waals surface area contributed by atoms with E-state index in [9.17, 15) is 0 Å². The molecule has 0 N–H and O–H groups in total. The molecule has 0 saturated heterocycles. The highest BCUT2D eigenvalue weighted by Gasteiger charge is 1.86. The zero-order valence-corrected chi connectivity index (χ0v) is 7.74. The van der Waals surface area contributed by atoms with Crippen LogP contribution in [0.15, 0.2) is 22.9 Å². The van der Waals surface area contributed by atoms with E-state index in [2.05, 4.69) is 0 Å². The van der Waals surface area contributed by atoms with Crippen LogP contribution < -0.4 is 0 Å². The van der Waals surface area contributed by atoms with Gasteiger partial charge in [-0.15, -0.1) is 0 Å². The standard InChI is InChI=1S/C8H14ClN/c1-7(8(2)9)5-6-10(3)4/h5-6H,1-4H3/b6-5-,8-7+. The molecule has 0 aliphatic carbocycles. The van der Waals surface area contributed by atoms with Crippen LogP contribution in [0, 0.1) is 0 Å². The molecule has 58 valence electrons. The third-order valence-corrected chi connectivity index (χ3v) is 1.46. The molecule has 0 heterocycles. The monoisotopic (exact) mass is 159 g/mol. The normalized spacial score (nSPS) is 13.7. The summed E-state index contributed by atoms with van der Waals surface area (Å²) in [5.74, 6) is 0. The maximum absolute atomic E-state index is 5.72. The molecule has 10 heavy (non-hydrogen) atoms. The molecule has 0 atom stereocenters. The van der Waals surface area contributed by atoms with Crippen LogP contribution in [0.25, 0.3) is 0 Å². The van der Waals surface area contributed by atoms with Crippen LogP contribution in [0.4, 0.5) is 0 Å². The lowest BCUT2D eigenvalue weighted by molar-refractivity contribution is 0.563. The van der Waals surface area contributed by atoms with Crippen molar-refractivity contribution < 1.29 is 0 Å². The Kier molecular flexibility index (Phi) is 4.21. The van der Waals surface area contributed by atoms with Crippen molar-refractivity contribution in [3.63, 3.8) is 0 Å². The van der Waals surface area contributed by atoms with Gasteiger partial charge in [0, 0.05) is 19.1 Å². The molecule has 0 aliphatic heterocycles. The molecule has 0 spiro atoms. The van der Waals surface area contributed by atoms with Gasteiger partial charge in [0.1, 0.15) is 0 Å². The zero-order valence-electron chi connectivity index (χ0n) is 6.98. The van der Waals surface area contributed by atoms with Crippen molar-refractivity contribution in [3.05, 3.63) is 22.9 Å². The van der Waals surface area contributed by atoms with Gasteiger partial charge in [-0.25, -0.2) is 0 Å². The smallest absolute Gasteiger partial charge is 0.0179 e. The number of hydrogen-bond donors (Lipinski definition) is 0. The van der Waals surface area contributed by atoms with Gasteiger partial charge in [0.05, 0.1) is 0 Å². The first kappa shape index (κ1) is 9.57. The van der Waals surface area contributed by atoms with Crippen molar-refractivity contribution in [2.24, 2.45) is 0 Å². The van der Waals surface area contributed by atoms with E-state index in [1.807, 2.05) is 45.1 Å². The van der Waals surface area contributed by atoms with Crippen molar-refractivity contribution in [1.29, 1.82) is 0 Å². The Labute approximate surface area is 68.0 Å². The molecule has 0 radical (unpaired) electrons. The minimum Gasteiger partial charge on any atom is -0.383 e. The van der Waals surface area contributed by atoms with E-state index in [0.717, 1.165) is 10.6 Å². The number of rotatable bonds is 2. The number of hydrogen-bond acceptors (Lipinski definition) is 1. The maximum atomic E-state index is 5.72. The first-order valence-electron chi connectivity index (χ1n) is 3.21. The molecule has 0 aromatic carbocycles. The van der Waals surface area contributed by atoms with Gasteiger partial charge in [0.25, 0.3) is 0 Å². The predicted octanol–water partition coefficient (Wildman–Crippen LogP) is 2.59. The molecular formula is C8H14ClN. The summed E-state index contributed by atoms with van der Waals surface area (Å²) in [5, 5.41) is 0.845. The zero-order chi connectivity index (χ0) is 8.15. The Balaban J connectivity index is 4.03. The summed E-state index contributed by atoms with van der Waals surface area (Å²) in [6.07, 6.45) is 3.96. The number of allylic oxidation sites excluding steroid dienone is 3. The minimum atomic E-state index is 0.845. The third-order valence-electron chi connectivity index (χ3n) is 1.17. The first-order chi connectivity index (χ1) is 4.54. The van der Waals surface area contributed by atoms with Crippen molar-refractivity contribution >= 4 is 11.6 Å². The summed E-state index contributed by atoms with van der Waals surface area (Å²) in [6.45, 7) is 3.87. The average molecular weight is 160 g/mol. The Bertz CT molecular complexity index is 153. The van der Waals surface area contributed by atoms with Crippen LogP contribution >= 0.6 is 11.6 Å². The lowest BCUT2D eigenvalue weighted by Gasteiger charge is -2.03. The second kappa shape index (κ2) is 4.40. The van der Waals surface area contributed by atoms with Gasteiger partial charge in [0.15, 0.2) is 0 Å². The molecule has 0 aliphatic rings. The van der Waals surface area contributed by atoms with Gasteiger partial charge in [-0.05, 0) is 31.7 Å². The topological polar surface area (TPSA) is 3.24 Å². The fourth-order valence-corrected chi connectivity index (χ4v) is 0.439. The van der Waals surface area contributed by atoms with E-state index >= 15 is 0 Å². The van der Waals surface area contributed by atoms with Gasteiger partial charge in [0.2, 0.25) is 0 Å². The summed E-state index contributed by atoms with van der Waals surface area (Å²) in [6, 6.07) is 0. The van der Waals surface area contributed by atoms with Crippen LogP contribution in [-0.2, 0) is 0 Å². The Hall–Kier alpha value is -0.430. The van der Waals surface area contributed by atoms with Crippen LogP contribution in [0.1, 0.15) is 13.8 Å². The molecule has 0 aromatic rings. The van der Waals surface area contributed by atoms with Crippen molar-refractivity contribution in [2.45, 2.75) is 13.8 Å². The molecular weight excluding hydrogens is 146 g/mol. The molecule has 0 rings (SSSR count). The van der Waals surface area contributed by atoms with Crippen LogP contribution in [0.5, 0.6) is 0 Å². The van der Waals surface area contributed by atoms with E-state index in [0.29, 0.717) is 0 Å². The van der Waals surface area contributed by atoms with Crippen LogP contribution in [0.2, 0.25) is 0 Å². The SMILES string of the molecule is C/C(Cl)=C(C)\C=C/N(C)C. The fourth-order valence-electron chi connectivity index (χ4n) is 0.376. The maximum Gasteiger partial charge on any atom is 0.0179 e. The molecule has 0 unspecified atom stereocenters. The van der Waals surface area contributed by atoms with Crippen molar-refractivity contribution in [3.8, 4) is 0 Å². The van der Waals surface area contributed by atoms with Gasteiger partial charge >= 0.3 is 0 Å². The van der Waals surface area contributed by atoms with Crippen molar-refractivity contribution in [2.75, 3.05) is 14.1 Å². The van der Waals surface area contributed by atoms with E-state index < -0.39 is 0 Å². The third kappa shape index (κ3) is 4.45. The Morgan fingerprint density at radius 3 is 2.10 bits per heavy atom. The van der Waals surface area contributed by atoms with Crippen LogP contribution in [-0.4, -0.2) is 19.0 Å². The van der Waals surface area contributed by atoms with Gasteiger partial charge in [-0.2, -0.15) is 0 Å². The quantitative estimate of drug-likeness (QED) is 0.560. The number of halogens is 1. The minimum absolute atomic E-state index is 0.845. The van der Waals surface area contributed by atoms with E-state index in [-0.39, 0.29) is 0 Å².